The summed E-state index contributed by atoms with van der Waals surface area (Å²) in [6, 6.07) is 13.0. The zero-order chi connectivity index (χ0) is 19.6. The first-order valence-corrected chi connectivity index (χ1v) is 8.86. The van der Waals surface area contributed by atoms with Gasteiger partial charge in [-0.1, -0.05) is 24.3 Å². The Morgan fingerprint density at radius 3 is 2.19 bits per heavy atom. The Hall–Kier alpha value is -3.46. The first-order chi connectivity index (χ1) is 12.9. The molecule has 2 aromatic carbocycles. The minimum atomic E-state index is -0.664. The van der Waals surface area contributed by atoms with E-state index in [4.69, 9.17) is 4.42 Å². The molecular formula is C18H12N2O6S. The SMILES string of the molecule is CSc1cc(C(=O)c2ccccc2[N+](=O)[O-])oc1-c1ccccc1[N+](=O)[O-]. The van der Waals surface area contributed by atoms with Crippen LogP contribution in [0.3, 0.4) is 0 Å². The molecule has 0 atom stereocenters. The molecule has 0 amide bonds. The maximum atomic E-state index is 12.8. The monoisotopic (exact) mass is 384 g/mol. The van der Waals surface area contributed by atoms with Crippen molar-refractivity contribution in [1.29, 1.82) is 0 Å². The van der Waals surface area contributed by atoms with Crippen molar-refractivity contribution >= 4 is 28.9 Å². The Bertz CT molecular complexity index is 1060. The number of nitro groups is 2. The van der Waals surface area contributed by atoms with Gasteiger partial charge in [-0.2, -0.15) is 0 Å². The summed E-state index contributed by atoms with van der Waals surface area (Å²) in [7, 11) is 0. The van der Waals surface area contributed by atoms with E-state index < -0.39 is 15.6 Å². The first kappa shape index (κ1) is 18.3. The number of nitrogens with zero attached hydrogens (tertiary/aromatic N) is 2. The highest BCUT2D eigenvalue weighted by molar-refractivity contribution is 7.98. The van der Waals surface area contributed by atoms with Crippen molar-refractivity contribution in [2.75, 3.05) is 6.26 Å². The van der Waals surface area contributed by atoms with Gasteiger partial charge in [0.25, 0.3) is 11.4 Å². The van der Waals surface area contributed by atoms with Crippen LogP contribution >= 0.6 is 11.8 Å². The molecule has 8 nitrogen and oxygen atoms in total. The summed E-state index contributed by atoms with van der Waals surface area (Å²) in [6.07, 6.45) is 1.74. The second-order valence-corrected chi connectivity index (χ2v) is 6.23. The highest BCUT2D eigenvalue weighted by Crippen LogP contribution is 2.39. The molecule has 0 saturated heterocycles. The van der Waals surface area contributed by atoms with Gasteiger partial charge in [-0.15, -0.1) is 11.8 Å². The number of furan rings is 1. The average Bonchev–Trinajstić information content (AvgIpc) is 3.11. The highest BCUT2D eigenvalue weighted by Gasteiger charge is 2.27. The standard InChI is InChI=1S/C18H12N2O6S/c1-27-16-10-15(17(21)11-6-2-4-8-13(11)19(22)23)26-18(16)12-7-3-5-9-14(12)20(24)25/h2-10H,1H3. The molecule has 0 spiro atoms. The van der Waals surface area contributed by atoms with Gasteiger partial charge in [-0.3, -0.25) is 25.0 Å². The van der Waals surface area contributed by atoms with E-state index >= 15 is 0 Å². The van der Waals surface area contributed by atoms with Crippen molar-refractivity contribution in [3.63, 3.8) is 0 Å². The van der Waals surface area contributed by atoms with Crippen LogP contribution in [-0.2, 0) is 0 Å². The van der Waals surface area contributed by atoms with Crippen LogP contribution < -0.4 is 0 Å². The number of para-hydroxylation sites is 2. The van der Waals surface area contributed by atoms with E-state index in [0.29, 0.717) is 4.90 Å². The van der Waals surface area contributed by atoms with Crippen LogP contribution in [0, 0.1) is 20.2 Å². The molecule has 0 aliphatic carbocycles. The predicted molar refractivity (Wildman–Crippen MR) is 99.1 cm³/mol. The maximum absolute atomic E-state index is 12.8. The van der Waals surface area contributed by atoms with Crippen molar-refractivity contribution in [1.82, 2.24) is 0 Å². The summed E-state index contributed by atoms with van der Waals surface area (Å²) in [5.74, 6) is -0.610. The zero-order valence-corrected chi connectivity index (χ0v) is 14.8. The van der Waals surface area contributed by atoms with Crippen molar-refractivity contribution in [2.45, 2.75) is 4.90 Å². The van der Waals surface area contributed by atoms with Gasteiger partial charge in [-0.25, -0.2) is 0 Å². The number of thioether (sulfide) groups is 1. The van der Waals surface area contributed by atoms with Crippen LogP contribution in [0.1, 0.15) is 16.1 Å². The second kappa shape index (κ2) is 7.42. The van der Waals surface area contributed by atoms with Crippen molar-refractivity contribution < 1.29 is 19.1 Å². The largest absolute Gasteiger partial charge is 0.451 e. The van der Waals surface area contributed by atoms with Crippen molar-refractivity contribution in [2.24, 2.45) is 0 Å². The number of rotatable bonds is 6. The van der Waals surface area contributed by atoms with Crippen molar-refractivity contribution in [3.05, 3.63) is 86.1 Å². The third-order valence-corrected chi connectivity index (χ3v) is 4.58. The third kappa shape index (κ3) is 3.44. The van der Waals surface area contributed by atoms with Crippen LogP contribution in [0.15, 0.2) is 63.9 Å². The highest BCUT2D eigenvalue weighted by atomic mass is 32.2. The molecule has 3 rings (SSSR count). The number of hydrogen-bond acceptors (Lipinski definition) is 7. The lowest BCUT2D eigenvalue weighted by atomic mass is 10.1. The molecule has 27 heavy (non-hydrogen) atoms. The molecule has 1 aromatic heterocycles. The first-order valence-electron chi connectivity index (χ1n) is 7.63. The summed E-state index contributed by atoms with van der Waals surface area (Å²) in [5, 5.41) is 22.5. The molecule has 0 fully saturated rings. The molecular weight excluding hydrogens is 372 g/mol. The average molecular weight is 384 g/mol. The number of ketones is 1. The molecule has 0 aliphatic heterocycles. The van der Waals surface area contributed by atoms with E-state index in [1.165, 1.54) is 60.3 Å². The number of carbonyl (C=O) groups is 1. The van der Waals surface area contributed by atoms with Gasteiger partial charge in [0.05, 0.1) is 20.3 Å². The maximum Gasteiger partial charge on any atom is 0.280 e. The molecule has 0 N–H and O–H groups in total. The molecule has 0 unspecified atom stereocenters. The lowest BCUT2D eigenvalue weighted by Gasteiger charge is -2.02. The van der Waals surface area contributed by atoms with E-state index in [9.17, 15) is 25.0 Å². The van der Waals surface area contributed by atoms with Crippen LogP contribution in [0.2, 0.25) is 0 Å². The summed E-state index contributed by atoms with van der Waals surface area (Å²) >= 11 is 1.25. The minimum absolute atomic E-state index is 0.113. The normalized spacial score (nSPS) is 10.6. The fourth-order valence-electron chi connectivity index (χ4n) is 2.61. The van der Waals surface area contributed by atoms with Crippen LogP contribution in [0.4, 0.5) is 11.4 Å². The fraction of sp³-hybridized carbons (Fsp3) is 0.0556. The second-order valence-electron chi connectivity index (χ2n) is 5.39. The molecule has 3 aromatic rings. The number of carbonyl (C=O) groups excluding carboxylic acids is 1. The van der Waals surface area contributed by atoms with E-state index in [1.54, 1.807) is 12.3 Å². The van der Waals surface area contributed by atoms with Crippen LogP contribution in [0.5, 0.6) is 0 Å². The summed E-state index contributed by atoms with van der Waals surface area (Å²) in [4.78, 5) is 34.6. The van der Waals surface area contributed by atoms with Gasteiger partial charge in [0.2, 0.25) is 5.78 Å². The summed E-state index contributed by atoms with van der Waals surface area (Å²) in [6.45, 7) is 0. The van der Waals surface area contributed by atoms with Gasteiger partial charge in [-0.05, 0) is 18.4 Å². The number of nitro benzene ring substituents is 2. The zero-order valence-electron chi connectivity index (χ0n) is 13.9. The van der Waals surface area contributed by atoms with Gasteiger partial charge >= 0.3 is 0 Å². The predicted octanol–water partition coefficient (Wildman–Crippen LogP) is 4.72. The molecule has 136 valence electrons. The smallest absolute Gasteiger partial charge is 0.280 e. The molecule has 9 heteroatoms. The molecule has 0 saturated carbocycles. The Balaban J connectivity index is 2.13. The molecule has 0 radical (unpaired) electrons. The van der Waals surface area contributed by atoms with Crippen molar-refractivity contribution in [3.8, 4) is 11.3 Å². The van der Waals surface area contributed by atoms with E-state index in [-0.39, 0.29) is 34.0 Å². The Kier molecular flexibility index (Phi) is 5.04. The lowest BCUT2D eigenvalue weighted by Crippen LogP contribution is -2.04. The number of hydrogen-bond donors (Lipinski definition) is 0. The van der Waals surface area contributed by atoms with E-state index in [0.717, 1.165) is 0 Å². The van der Waals surface area contributed by atoms with E-state index in [1.807, 2.05) is 0 Å². The van der Waals surface area contributed by atoms with Crippen LogP contribution in [-0.4, -0.2) is 21.9 Å². The van der Waals surface area contributed by atoms with Gasteiger partial charge in [0.15, 0.2) is 11.5 Å². The van der Waals surface area contributed by atoms with Gasteiger partial charge < -0.3 is 4.42 Å². The Labute approximate surface area is 157 Å². The number of benzene rings is 2. The fourth-order valence-corrected chi connectivity index (χ4v) is 3.17. The van der Waals surface area contributed by atoms with Gasteiger partial charge in [0, 0.05) is 18.2 Å². The van der Waals surface area contributed by atoms with E-state index in [2.05, 4.69) is 0 Å². The minimum Gasteiger partial charge on any atom is -0.451 e. The molecule has 1 heterocycles. The summed E-state index contributed by atoms with van der Waals surface area (Å²) < 4.78 is 5.64. The topological polar surface area (TPSA) is 116 Å². The summed E-state index contributed by atoms with van der Waals surface area (Å²) in [5.41, 5.74) is -0.379. The molecule has 0 bridgehead atoms. The Morgan fingerprint density at radius 1 is 0.963 bits per heavy atom. The van der Waals surface area contributed by atoms with Crippen LogP contribution in [0.25, 0.3) is 11.3 Å². The lowest BCUT2D eigenvalue weighted by molar-refractivity contribution is -0.385. The Morgan fingerprint density at radius 2 is 1.56 bits per heavy atom. The quantitative estimate of drug-likeness (QED) is 0.261. The molecule has 0 aliphatic rings. The third-order valence-electron chi connectivity index (χ3n) is 3.83. The van der Waals surface area contributed by atoms with Gasteiger partial charge in [0.1, 0.15) is 5.56 Å².